The molecule has 5 heteroatoms. The molecule has 118 valence electrons. The second kappa shape index (κ2) is 8.00. The molecule has 0 heterocycles. The predicted molar refractivity (Wildman–Crippen MR) is 86.3 cm³/mol. The normalized spacial score (nSPS) is 12.8. The largest absolute Gasteiger partial charge is 0.385 e. The molecule has 0 aliphatic carbocycles. The first-order chi connectivity index (χ1) is 9.84. The SMILES string of the molecule is COCCC(C)(C)CNC(=O)Nc1cccc(C(C)N)c1. The van der Waals surface area contributed by atoms with E-state index < -0.39 is 0 Å². The lowest BCUT2D eigenvalue weighted by Gasteiger charge is -2.24. The monoisotopic (exact) mass is 293 g/mol. The molecular weight excluding hydrogens is 266 g/mol. The fraction of sp³-hybridized carbons (Fsp3) is 0.562. The number of hydrogen-bond donors (Lipinski definition) is 3. The third-order valence-electron chi connectivity index (χ3n) is 3.38. The van der Waals surface area contributed by atoms with Crippen molar-refractivity contribution in [3.8, 4) is 0 Å². The molecule has 1 aromatic carbocycles. The second-order valence-electron chi connectivity index (χ2n) is 6.13. The molecule has 0 saturated carbocycles. The molecule has 0 fully saturated rings. The highest BCUT2D eigenvalue weighted by molar-refractivity contribution is 5.89. The van der Waals surface area contributed by atoms with Gasteiger partial charge in [-0.05, 0) is 36.5 Å². The van der Waals surface area contributed by atoms with Crippen LogP contribution in [0.3, 0.4) is 0 Å². The minimum atomic E-state index is -0.206. The quantitative estimate of drug-likeness (QED) is 0.723. The van der Waals surface area contributed by atoms with Gasteiger partial charge in [-0.3, -0.25) is 0 Å². The number of carbonyl (C=O) groups is 1. The van der Waals surface area contributed by atoms with Gasteiger partial charge in [-0.2, -0.15) is 0 Å². The molecule has 0 aliphatic rings. The Bertz CT molecular complexity index is 459. The summed E-state index contributed by atoms with van der Waals surface area (Å²) in [6.45, 7) is 7.39. The first-order valence-corrected chi connectivity index (χ1v) is 7.23. The van der Waals surface area contributed by atoms with Gasteiger partial charge in [0.25, 0.3) is 0 Å². The number of carbonyl (C=O) groups excluding carboxylic acids is 1. The molecule has 0 saturated heterocycles. The van der Waals surface area contributed by atoms with E-state index in [1.807, 2.05) is 31.2 Å². The zero-order valence-corrected chi connectivity index (χ0v) is 13.4. The van der Waals surface area contributed by atoms with Crippen molar-refractivity contribution in [2.75, 3.05) is 25.6 Å². The molecule has 1 aromatic rings. The van der Waals surface area contributed by atoms with E-state index in [2.05, 4.69) is 24.5 Å². The van der Waals surface area contributed by atoms with Crippen molar-refractivity contribution in [1.82, 2.24) is 5.32 Å². The first-order valence-electron chi connectivity index (χ1n) is 7.23. The van der Waals surface area contributed by atoms with Crippen LogP contribution in [0.15, 0.2) is 24.3 Å². The zero-order chi connectivity index (χ0) is 15.9. The molecule has 2 amide bonds. The Balaban J connectivity index is 2.48. The van der Waals surface area contributed by atoms with E-state index >= 15 is 0 Å². The minimum absolute atomic E-state index is 0.000963. The van der Waals surface area contributed by atoms with Crippen LogP contribution < -0.4 is 16.4 Å². The number of nitrogens with two attached hydrogens (primary N) is 1. The number of urea groups is 1. The average molecular weight is 293 g/mol. The summed E-state index contributed by atoms with van der Waals surface area (Å²) in [7, 11) is 1.68. The third-order valence-corrected chi connectivity index (χ3v) is 3.38. The van der Waals surface area contributed by atoms with Crippen LogP contribution in [-0.4, -0.2) is 26.3 Å². The van der Waals surface area contributed by atoms with E-state index in [1.54, 1.807) is 7.11 Å². The van der Waals surface area contributed by atoms with Crippen molar-refractivity contribution >= 4 is 11.7 Å². The Kier molecular flexibility index (Phi) is 6.65. The minimum Gasteiger partial charge on any atom is -0.385 e. The summed E-state index contributed by atoms with van der Waals surface area (Å²) in [6.07, 6.45) is 0.893. The number of ether oxygens (including phenoxy) is 1. The maximum Gasteiger partial charge on any atom is 0.319 e. The van der Waals surface area contributed by atoms with E-state index in [9.17, 15) is 4.79 Å². The van der Waals surface area contributed by atoms with Crippen LogP contribution in [0.4, 0.5) is 10.5 Å². The molecule has 5 nitrogen and oxygen atoms in total. The first kappa shape index (κ1) is 17.5. The van der Waals surface area contributed by atoms with Crippen LogP contribution in [-0.2, 0) is 4.74 Å². The number of methoxy groups -OCH3 is 1. The van der Waals surface area contributed by atoms with Crippen molar-refractivity contribution < 1.29 is 9.53 Å². The van der Waals surface area contributed by atoms with Gasteiger partial charge < -0.3 is 21.1 Å². The van der Waals surface area contributed by atoms with Crippen LogP contribution in [0, 0.1) is 5.41 Å². The van der Waals surface area contributed by atoms with Crippen molar-refractivity contribution in [2.45, 2.75) is 33.2 Å². The topological polar surface area (TPSA) is 76.4 Å². The van der Waals surface area contributed by atoms with E-state index in [0.717, 1.165) is 17.7 Å². The van der Waals surface area contributed by atoms with E-state index in [-0.39, 0.29) is 17.5 Å². The van der Waals surface area contributed by atoms with Gasteiger partial charge in [-0.25, -0.2) is 4.79 Å². The Morgan fingerprint density at radius 2 is 2.14 bits per heavy atom. The van der Waals surface area contributed by atoms with Gasteiger partial charge in [0.1, 0.15) is 0 Å². The Morgan fingerprint density at radius 1 is 1.43 bits per heavy atom. The molecule has 0 aromatic heterocycles. The molecule has 0 spiro atoms. The Labute approximate surface area is 127 Å². The molecule has 1 rings (SSSR count). The van der Waals surface area contributed by atoms with Crippen LogP contribution >= 0.6 is 0 Å². The van der Waals surface area contributed by atoms with Gasteiger partial charge in [0.15, 0.2) is 0 Å². The highest BCUT2D eigenvalue weighted by Gasteiger charge is 2.18. The lowest BCUT2D eigenvalue weighted by atomic mass is 9.90. The van der Waals surface area contributed by atoms with Gasteiger partial charge >= 0.3 is 6.03 Å². The summed E-state index contributed by atoms with van der Waals surface area (Å²) in [5.41, 5.74) is 7.58. The van der Waals surface area contributed by atoms with Crippen molar-refractivity contribution in [1.29, 1.82) is 0 Å². The number of anilines is 1. The van der Waals surface area contributed by atoms with Crippen LogP contribution in [0.2, 0.25) is 0 Å². The fourth-order valence-electron chi connectivity index (χ4n) is 1.86. The smallest absolute Gasteiger partial charge is 0.319 e. The molecule has 4 N–H and O–H groups in total. The highest BCUT2D eigenvalue weighted by Crippen LogP contribution is 2.19. The van der Waals surface area contributed by atoms with E-state index in [1.165, 1.54) is 0 Å². The van der Waals surface area contributed by atoms with Gasteiger partial charge in [0.05, 0.1) is 0 Å². The number of hydrogen-bond acceptors (Lipinski definition) is 3. The summed E-state index contributed by atoms with van der Waals surface area (Å²) in [5, 5.41) is 5.72. The lowest BCUT2D eigenvalue weighted by molar-refractivity contribution is 0.151. The highest BCUT2D eigenvalue weighted by atomic mass is 16.5. The summed E-state index contributed by atoms with van der Waals surface area (Å²) in [6, 6.07) is 7.31. The molecular formula is C16H27N3O2. The fourth-order valence-corrected chi connectivity index (χ4v) is 1.86. The Morgan fingerprint density at radius 3 is 2.76 bits per heavy atom. The van der Waals surface area contributed by atoms with Crippen LogP contribution in [0.25, 0.3) is 0 Å². The van der Waals surface area contributed by atoms with Crippen LogP contribution in [0.1, 0.15) is 38.8 Å². The van der Waals surface area contributed by atoms with Crippen LogP contribution in [0.5, 0.6) is 0 Å². The van der Waals surface area contributed by atoms with E-state index in [4.69, 9.17) is 10.5 Å². The number of nitrogens with one attached hydrogen (secondary N) is 2. The van der Waals surface area contributed by atoms with Gasteiger partial charge in [-0.15, -0.1) is 0 Å². The number of benzene rings is 1. The molecule has 0 bridgehead atoms. The van der Waals surface area contributed by atoms with Gasteiger partial charge in [0, 0.05) is 32.0 Å². The maximum absolute atomic E-state index is 11.9. The third kappa shape index (κ3) is 6.60. The molecule has 1 unspecified atom stereocenters. The molecule has 1 atom stereocenters. The Hall–Kier alpha value is -1.59. The number of amides is 2. The van der Waals surface area contributed by atoms with Crippen molar-refractivity contribution in [3.05, 3.63) is 29.8 Å². The summed E-state index contributed by atoms with van der Waals surface area (Å²) < 4.78 is 5.08. The van der Waals surface area contributed by atoms with Crippen molar-refractivity contribution in [3.63, 3.8) is 0 Å². The summed E-state index contributed by atoms with van der Waals surface area (Å²) >= 11 is 0. The number of rotatable bonds is 7. The summed E-state index contributed by atoms with van der Waals surface area (Å²) in [4.78, 5) is 11.9. The lowest BCUT2D eigenvalue weighted by Crippen LogP contribution is -2.37. The van der Waals surface area contributed by atoms with Gasteiger partial charge in [0.2, 0.25) is 0 Å². The zero-order valence-electron chi connectivity index (χ0n) is 13.4. The second-order valence-corrected chi connectivity index (χ2v) is 6.13. The van der Waals surface area contributed by atoms with E-state index in [0.29, 0.717) is 13.2 Å². The van der Waals surface area contributed by atoms with Gasteiger partial charge in [-0.1, -0.05) is 26.0 Å². The molecule has 0 radical (unpaired) electrons. The average Bonchev–Trinajstić information content (AvgIpc) is 2.43. The predicted octanol–water partition coefficient (Wildman–Crippen LogP) is 2.89. The maximum atomic E-state index is 11.9. The van der Waals surface area contributed by atoms with Crippen molar-refractivity contribution in [2.24, 2.45) is 11.1 Å². The molecule has 21 heavy (non-hydrogen) atoms. The summed E-state index contributed by atoms with van der Waals surface area (Å²) in [5.74, 6) is 0. The standard InChI is InChI=1S/C16H27N3O2/c1-12(17)13-6-5-7-14(10-13)19-15(20)18-11-16(2,3)8-9-21-4/h5-7,10,12H,8-9,11,17H2,1-4H3,(H2,18,19,20). The molecule has 0 aliphatic heterocycles.